The van der Waals surface area contributed by atoms with E-state index in [0.717, 1.165) is 5.56 Å². The second-order valence-electron chi connectivity index (χ2n) is 6.07. The maximum Gasteiger partial charge on any atom is 0.224 e. The summed E-state index contributed by atoms with van der Waals surface area (Å²) in [7, 11) is 0. The Hall–Kier alpha value is -2.08. The summed E-state index contributed by atoms with van der Waals surface area (Å²) in [5.74, 6) is -0.734. The van der Waals surface area contributed by atoms with Crippen LogP contribution in [0.15, 0.2) is 24.3 Å². The lowest BCUT2D eigenvalue weighted by Gasteiger charge is -2.32. The second kappa shape index (κ2) is 8.15. The van der Waals surface area contributed by atoms with E-state index < -0.39 is 6.04 Å². The SMILES string of the molecule is CC(=O)NC(CC(=O)N1CCC(C(N)=O)CC1)c1cccc(Cl)c1. The van der Waals surface area contributed by atoms with Gasteiger partial charge in [0.05, 0.1) is 12.5 Å². The van der Waals surface area contributed by atoms with Crippen LogP contribution in [0.3, 0.4) is 0 Å². The van der Waals surface area contributed by atoms with Gasteiger partial charge in [0.2, 0.25) is 17.7 Å². The van der Waals surface area contributed by atoms with E-state index in [9.17, 15) is 14.4 Å². The number of likely N-dealkylation sites (tertiary alicyclic amines) is 1. The summed E-state index contributed by atoms with van der Waals surface area (Å²) in [5, 5.41) is 3.35. The van der Waals surface area contributed by atoms with Gasteiger partial charge in [-0.15, -0.1) is 0 Å². The number of hydrogen-bond donors (Lipinski definition) is 2. The average Bonchev–Trinajstić information content (AvgIpc) is 2.53. The van der Waals surface area contributed by atoms with E-state index in [1.807, 2.05) is 6.07 Å². The highest BCUT2D eigenvalue weighted by molar-refractivity contribution is 6.30. The number of piperidine rings is 1. The van der Waals surface area contributed by atoms with Crippen molar-refractivity contribution in [3.63, 3.8) is 0 Å². The molecule has 0 saturated carbocycles. The molecule has 1 fully saturated rings. The van der Waals surface area contributed by atoms with Crippen molar-refractivity contribution in [2.45, 2.75) is 32.2 Å². The third kappa shape index (κ3) is 4.96. The zero-order valence-corrected chi connectivity index (χ0v) is 14.4. The number of rotatable bonds is 5. The first-order valence-corrected chi connectivity index (χ1v) is 8.34. The Bertz CT molecular complexity index is 627. The molecule has 0 aliphatic carbocycles. The first kappa shape index (κ1) is 18.3. The quantitative estimate of drug-likeness (QED) is 0.844. The molecule has 7 heteroatoms. The monoisotopic (exact) mass is 351 g/mol. The Morgan fingerprint density at radius 1 is 1.33 bits per heavy atom. The molecule has 0 spiro atoms. The van der Waals surface area contributed by atoms with E-state index in [1.54, 1.807) is 23.1 Å². The highest BCUT2D eigenvalue weighted by Crippen LogP contribution is 2.23. The molecule has 0 bridgehead atoms. The lowest BCUT2D eigenvalue weighted by molar-refractivity contribution is -0.135. The van der Waals surface area contributed by atoms with Gasteiger partial charge in [0, 0.05) is 31.0 Å². The fourth-order valence-electron chi connectivity index (χ4n) is 2.94. The van der Waals surface area contributed by atoms with Gasteiger partial charge in [-0.2, -0.15) is 0 Å². The Labute approximate surface area is 146 Å². The van der Waals surface area contributed by atoms with Crippen LogP contribution in [-0.4, -0.2) is 35.7 Å². The first-order valence-electron chi connectivity index (χ1n) is 7.96. The van der Waals surface area contributed by atoms with Gasteiger partial charge in [0.15, 0.2) is 0 Å². The van der Waals surface area contributed by atoms with Crippen LogP contribution in [0.25, 0.3) is 0 Å². The predicted octanol–water partition coefficient (Wildman–Crippen LogP) is 1.63. The van der Waals surface area contributed by atoms with E-state index in [0.29, 0.717) is 31.0 Å². The van der Waals surface area contributed by atoms with Crippen LogP contribution in [0, 0.1) is 5.92 Å². The number of nitrogens with one attached hydrogen (secondary N) is 1. The van der Waals surface area contributed by atoms with Gasteiger partial charge in [0.1, 0.15) is 0 Å². The van der Waals surface area contributed by atoms with Crippen LogP contribution in [-0.2, 0) is 14.4 Å². The molecule has 6 nitrogen and oxygen atoms in total. The summed E-state index contributed by atoms with van der Waals surface area (Å²) in [5.41, 5.74) is 6.10. The number of halogens is 1. The van der Waals surface area contributed by atoms with Crippen molar-refractivity contribution in [3.8, 4) is 0 Å². The molecule has 1 aliphatic rings. The second-order valence-corrected chi connectivity index (χ2v) is 6.51. The molecule has 2 rings (SSSR count). The molecule has 1 aromatic rings. The fraction of sp³-hybridized carbons (Fsp3) is 0.471. The largest absolute Gasteiger partial charge is 0.369 e. The molecule has 1 unspecified atom stereocenters. The van der Waals surface area contributed by atoms with Gasteiger partial charge < -0.3 is 16.0 Å². The van der Waals surface area contributed by atoms with E-state index in [2.05, 4.69) is 5.32 Å². The molecule has 3 N–H and O–H groups in total. The first-order chi connectivity index (χ1) is 11.4. The van der Waals surface area contributed by atoms with Crippen LogP contribution in [0.4, 0.5) is 0 Å². The Balaban J connectivity index is 2.03. The average molecular weight is 352 g/mol. The van der Waals surface area contributed by atoms with E-state index >= 15 is 0 Å². The summed E-state index contributed by atoms with van der Waals surface area (Å²) in [6.07, 6.45) is 1.33. The minimum Gasteiger partial charge on any atom is -0.369 e. The summed E-state index contributed by atoms with van der Waals surface area (Å²) < 4.78 is 0. The van der Waals surface area contributed by atoms with Gasteiger partial charge in [-0.25, -0.2) is 0 Å². The van der Waals surface area contributed by atoms with Crippen molar-refractivity contribution in [2.24, 2.45) is 11.7 Å². The molecule has 24 heavy (non-hydrogen) atoms. The van der Waals surface area contributed by atoms with Gasteiger partial charge in [-0.05, 0) is 30.5 Å². The van der Waals surface area contributed by atoms with E-state index in [-0.39, 0.29) is 30.1 Å². The van der Waals surface area contributed by atoms with Gasteiger partial charge in [-0.1, -0.05) is 23.7 Å². The standard InChI is InChI=1S/C17H22ClN3O3/c1-11(22)20-15(13-3-2-4-14(18)9-13)10-16(23)21-7-5-12(6-8-21)17(19)24/h2-4,9,12,15H,5-8,10H2,1H3,(H2,19,24)(H,20,22). The highest BCUT2D eigenvalue weighted by atomic mass is 35.5. The summed E-state index contributed by atoms with van der Waals surface area (Å²) >= 11 is 6.00. The number of benzene rings is 1. The molecular weight excluding hydrogens is 330 g/mol. The van der Waals surface area contributed by atoms with Gasteiger partial charge >= 0.3 is 0 Å². The van der Waals surface area contributed by atoms with E-state index in [1.165, 1.54) is 6.92 Å². The summed E-state index contributed by atoms with van der Waals surface area (Å²) in [4.78, 5) is 36.9. The Morgan fingerprint density at radius 2 is 2.00 bits per heavy atom. The van der Waals surface area contributed by atoms with E-state index in [4.69, 9.17) is 17.3 Å². The molecule has 1 atom stereocenters. The van der Waals surface area contributed by atoms with Gasteiger partial charge in [-0.3, -0.25) is 14.4 Å². The minimum absolute atomic E-state index is 0.0587. The highest BCUT2D eigenvalue weighted by Gasteiger charge is 2.27. The molecule has 130 valence electrons. The third-order valence-corrected chi connectivity index (χ3v) is 4.49. The van der Waals surface area contributed by atoms with Crippen LogP contribution in [0.2, 0.25) is 5.02 Å². The van der Waals surface area contributed by atoms with Crippen molar-refractivity contribution in [2.75, 3.05) is 13.1 Å². The fourth-order valence-corrected chi connectivity index (χ4v) is 3.14. The molecule has 0 aromatic heterocycles. The smallest absolute Gasteiger partial charge is 0.224 e. The van der Waals surface area contributed by atoms with Crippen molar-refractivity contribution < 1.29 is 14.4 Å². The minimum atomic E-state index is -0.428. The lowest BCUT2D eigenvalue weighted by atomic mass is 9.95. The van der Waals surface area contributed by atoms with Crippen molar-refractivity contribution >= 4 is 29.3 Å². The third-order valence-electron chi connectivity index (χ3n) is 4.26. The van der Waals surface area contributed by atoms with Crippen LogP contribution >= 0.6 is 11.6 Å². The summed E-state index contributed by atoms with van der Waals surface area (Å²) in [6, 6.07) is 6.68. The number of nitrogens with two attached hydrogens (primary N) is 1. The maximum atomic E-state index is 12.6. The normalized spacial score (nSPS) is 16.5. The molecule has 1 aromatic carbocycles. The molecular formula is C17H22ClN3O3. The Morgan fingerprint density at radius 3 is 2.54 bits per heavy atom. The maximum absolute atomic E-state index is 12.6. The number of amides is 3. The number of carbonyl (C=O) groups excluding carboxylic acids is 3. The number of nitrogens with zero attached hydrogens (tertiary/aromatic N) is 1. The lowest BCUT2D eigenvalue weighted by Crippen LogP contribution is -2.43. The molecule has 0 radical (unpaired) electrons. The number of carbonyl (C=O) groups is 3. The topological polar surface area (TPSA) is 92.5 Å². The number of hydrogen-bond acceptors (Lipinski definition) is 3. The predicted molar refractivity (Wildman–Crippen MR) is 91.1 cm³/mol. The number of primary amides is 1. The zero-order valence-electron chi connectivity index (χ0n) is 13.6. The van der Waals surface area contributed by atoms with Gasteiger partial charge in [0.25, 0.3) is 0 Å². The molecule has 3 amide bonds. The molecule has 1 saturated heterocycles. The van der Waals surface area contributed by atoms with Crippen LogP contribution < -0.4 is 11.1 Å². The van der Waals surface area contributed by atoms with Crippen molar-refractivity contribution in [1.82, 2.24) is 10.2 Å². The van der Waals surface area contributed by atoms with Crippen molar-refractivity contribution in [3.05, 3.63) is 34.9 Å². The summed E-state index contributed by atoms with van der Waals surface area (Å²) in [6.45, 7) is 2.43. The zero-order chi connectivity index (χ0) is 17.7. The van der Waals surface area contributed by atoms with Crippen molar-refractivity contribution in [1.29, 1.82) is 0 Å². The van der Waals surface area contributed by atoms with Crippen LogP contribution in [0.1, 0.15) is 37.8 Å². The van der Waals surface area contributed by atoms with Crippen LogP contribution in [0.5, 0.6) is 0 Å². The molecule has 1 aliphatic heterocycles. The Kier molecular flexibility index (Phi) is 6.20. The molecule has 1 heterocycles.